The van der Waals surface area contributed by atoms with Crippen molar-refractivity contribution in [1.29, 1.82) is 0 Å². The van der Waals surface area contributed by atoms with Gasteiger partial charge in [0, 0.05) is 5.92 Å². The minimum Gasteiger partial charge on any atom is -0.462 e. The molecule has 0 N–H and O–H groups in total. The molecule has 0 aromatic heterocycles. The molecule has 0 aliphatic heterocycles. The molecule has 0 heterocycles. The Morgan fingerprint density at radius 3 is 2.52 bits per heavy atom. The molecule has 1 fully saturated rings. The van der Waals surface area contributed by atoms with Crippen LogP contribution in [0.25, 0.3) is 6.08 Å². The van der Waals surface area contributed by atoms with E-state index in [0.29, 0.717) is 5.56 Å². The Bertz CT molecular complexity index is 717. The largest absolute Gasteiger partial charge is 0.462 e. The molecular formula is C21H26O4. The van der Waals surface area contributed by atoms with Crippen LogP contribution in [0.1, 0.15) is 74.4 Å². The number of esters is 2. The summed E-state index contributed by atoms with van der Waals surface area (Å²) in [6.45, 7) is 7.43. The van der Waals surface area contributed by atoms with Crippen molar-refractivity contribution in [1.82, 2.24) is 0 Å². The molecule has 1 aromatic carbocycles. The first kappa shape index (κ1) is 17.7. The van der Waals surface area contributed by atoms with Gasteiger partial charge in [-0.15, -0.1) is 0 Å². The van der Waals surface area contributed by atoms with E-state index in [1.165, 1.54) is 0 Å². The van der Waals surface area contributed by atoms with Crippen LogP contribution < -0.4 is 0 Å². The molecule has 2 aliphatic carbocycles. The van der Waals surface area contributed by atoms with Gasteiger partial charge in [-0.3, -0.25) is 4.79 Å². The molecule has 1 aromatic rings. The summed E-state index contributed by atoms with van der Waals surface area (Å²) in [4.78, 5) is 24.9. The molecule has 134 valence electrons. The van der Waals surface area contributed by atoms with Crippen molar-refractivity contribution < 1.29 is 19.1 Å². The highest BCUT2D eigenvalue weighted by Crippen LogP contribution is 2.55. The Morgan fingerprint density at radius 1 is 1.12 bits per heavy atom. The lowest BCUT2D eigenvalue weighted by Crippen LogP contribution is -2.36. The van der Waals surface area contributed by atoms with E-state index in [9.17, 15) is 9.59 Å². The lowest BCUT2D eigenvalue weighted by molar-refractivity contribution is -0.157. The fraction of sp³-hybridized carbons (Fsp3) is 0.524. The van der Waals surface area contributed by atoms with Crippen LogP contribution in [0.2, 0.25) is 0 Å². The van der Waals surface area contributed by atoms with Crippen LogP contribution in [0.15, 0.2) is 24.3 Å². The van der Waals surface area contributed by atoms with E-state index in [2.05, 4.69) is 0 Å². The van der Waals surface area contributed by atoms with E-state index >= 15 is 0 Å². The number of benzene rings is 1. The van der Waals surface area contributed by atoms with E-state index in [1.807, 2.05) is 52.0 Å². The van der Waals surface area contributed by atoms with Gasteiger partial charge in [-0.25, -0.2) is 4.79 Å². The highest BCUT2D eigenvalue weighted by Gasteiger charge is 2.51. The minimum atomic E-state index is -0.558. The Morgan fingerprint density at radius 2 is 1.84 bits per heavy atom. The second-order valence-corrected chi connectivity index (χ2v) is 7.57. The molecule has 0 spiro atoms. The summed E-state index contributed by atoms with van der Waals surface area (Å²) < 4.78 is 10.8. The third-order valence-corrected chi connectivity index (χ3v) is 5.03. The van der Waals surface area contributed by atoms with Gasteiger partial charge in [-0.2, -0.15) is 0 Å². The van der Waals surface area contributed by atoms with Gasteiger partial charge < -0.3 is 9.47 Å². The van der Waals surface area contributed by atoms with Crippen molar-refractivity contribution in [3.8, 4) is 0 Å². The third-order valence-electron chi connectivity index (χ3n) is 5.03. The average Bonchev–Trinajstić information content (AvgIpc) is 2.98. The van der Waals surface area contributed by atoms with Gasteiger partial charge >= 0.3 is 11.9 Å². The number of hydrogen-bond acceptors (Lipinski definition) is 4. The summed E-state index contributed by atoms with van der Waals surface area (Å²) in [6, 6.07) is 5.65. The van der Waals surface area contributed by atoms with Crippen LogP contribution in [0, 0.1) is 5.41 Å². The minimum absolute atomic E-state index is 0.119. The van der Waals surface area contributed by atoms with Gasteiger partial charge in [0.2, 0.25) is 0 Å². The van der Waals surface area contributed by atoms with Crippen molar-refractivity contribution in [3.63, 3.8) is 0 Å². The lowest BCUT2D eigenvalue weighted by atomic mass is 9.69. The average molecular weight is 342 g/mol. The van der Waals surface area contributed by atoms with Gasteiger partial charge in [0.15, 0.2) is 0 Å². The summed E-state index contributed by atoms with van der Waals surface area (Å²) in [7, 11) is 0. The number of carbonyl (C=O) groups is 2. The first-order chi connectivity index (χ1) is 11.8. The molecule has 4 heteroatoms. The summed E-state index contributed by atoms with van der Waals surface area (Å²) in [6.07, 6.45) is 6.47. The zero-order valence-corrected chi connectivity index (χ0v) is 15.4. The van der Waals surface area contributed by atoms with Crippen molar-refractivity contribution >= 4 is 18.0 Å². The van der Waals surface area contributed by atoms with Crippen molar-refractivity contribution in [2.24, 2.45) is 5.41 Å². The van der Waals surface area contributed by atoms with E-state index in [0.717, 1.165) is 30.4 Å². The maximum Gasteiger partial charge on any atom is 0.338 e. The molecular weight excluding hydrogens is 316 g/mol. The van der Waals surface area contributed by atoms with Crippen molar-refractivity contribution in [2.75, 3.05) is 0 Å². The van der Waals surface area contributed by atoms with Crippen molar-refractivity contribution in [3.05, 3.63) is 41.0 Å². The summed E-state index contributed by atoms with van der Waals surface area (Å²) >= 11 is 0. The van der Waals surface area contributed by atoms with Gasteiger partial charge in [0.25, 0.3) is 0 Å². The molecule has 4 nitrogen and oxygen atoms in total. The highest BCUT2D eigenvalue weighted by atomic mass is 16.5. The van der Waals surface area contributed by atoms with E-state index in [-0.39, 0.29) is 30.1 Å². The predicted molar refractivity (Wildman–Crippen MR) is 96.3 cm³/mol. The smallest absolute Gasteiger partial charge is 0.338 e. The van der Waals surface area contributed by atoms with Crippen LogP contribution in [0.4, 0.5) is 0 Å². The highest BCUT2D eigenvalue weighted by molar-refractivity contribution is 5.91. The quantitative estimate of drug-likeness (QED) is 0.757. The van der Waals surface area contributed by atoms with E-state index in [4.69, 9.17) is 9.47 Å². The molecule has 0 radical (unpaired) electrons. The van der Waals surface area contributed by atoms with Gasteiger partial charge in [0.05, 0.1) is 23.2 Å². The van der Waals surface area contributed by atoms with Gasteiger partial charge in [0.1, 0.15) is 0 Å². The molecule has 1 saturated carbocycles. The molecule has 2 aliphatic rings. The number of carbonyl (C=O) groups excluding carboxylic acids is 2. The summed E-state index contributed by atoms with van der Waals surface area (Å²) in [5, 5.41) is 0. The molecule has 2 atom stereocenters. The Labute approximate surface area is 149 Å². The maximum atomic E-state index is 12.8. The van der Waals surface area contributed by atoms with Crippen LogP contribution in [0.3, 0.4) is 0 Å². The normalized spacial score (nSPS) is 24.2. The number of hydrogen-bond donors (Lipinski definition) is 0. The standard InChI is InChI=1S/C21H26O4/c1-13(2)24-19(22)16-7-8-17-15(12-16)9-11-21(10-5-6-18(17)21)20(23)25-14(3)4/h7-9,11-14,18H,5-6,10H2,1-4H3. The number of rotatable bonds is 4. The second kappa shape index (κ2) is 6.66. The lowest BCUT2D eigenvalue weighted by Gasteiger charge is -2.35. The monoisotopic (exact) mass is 342 g/mol. The fourth-order valence-corrected chi connectivity index (χ4v) is 3.98. The molecule has 3 rings (SSSR count). The topological polar surface area (TPSA) is 52.6 Å². The Hall–Kier alpha value is -2.10. The molecule has 0 amide bonds. The summed E-state index contributed by atoms with van der Waals surface area (Å²) in [5.41, 5.74) is 2.12. The van der Waals surface area contributed by atoms with Crippen LogP contribution >= 0.6 is 0 Å². The van der Waals surface area contributed by atoms with E-state index in [1.54, 1.807) is 6.07 Å². The molecule has 0 saturated heterocycles. The number of fused-ring (bicyclic) bond motifs is 3. The predicted octanol–water partition coefficient (Wildman–Crippen LogP) is 4.48. The third kappa shape index (κ3) is 3.22. The van der Waals surface area contributed by atoms with Crippen LogP contribution in [-0.2, 0) is 14.3 Å². The van der Waals surface area contributed by atoms with Crippen LogP contribution in [0.5, 0.6) is 0 Å². The Kier molecular flexibility index (Phi) is 4.72. The maximum absolute atomic E-state index is 12.8. The SMILES string of the molecule is CC(C)OC(=O)c1ccc2c(c1)C=CC1(C(=O)OC(C)C)CCCC21. The first-order valence-electron chi connectivity index (χ1n) is 9.09. The second-order valence-electron chi connectivity index (χ2n) is 7.57. The van der Waals surface area contributed by atoms with E-state index < -0.39 is 5.41 Å². The Balaban J connectivity index is 1.93. The summed E-state index contributed by atoms with van der Waals surface area (Å²) in [5.74, 6) is -0.321. The van der Waals surface area contributed by atoms with Crippen molar-refractivity contribution in [2.45, 2.75) is 65.1 Å². The zero-order valence-electron chi connectivity index (χ0n) is 15.4. The van der Waals surface area contributed by atoms with Crippen LogP contribution in [-0.4, -0.2) is 24.1 Å². The molecule has 0 bridgehead atoms. The molecule has 2 unspecified atom stereocenters. The first-order valence-corrected chi connectivity index (χ1v) is 9.09. The number of ether oxygens (including phenoxy) is 2. The molecule has 25 heavy (non-hydrogen) atoms. The van der Waals surface area contributed by atoms with Gasteiger partial charge in [-0.05, 0) is 63.8 Å². The fourth-order valence-electron chi connectivity index (χ4n) is 3.98. The zero-order chi connectivity index (χ0) is 18.2. The van der Waals surface area contributed by atoms with Gasteiger partial charge in [-0.1, -0.05) is 24.6 Å².